The number of hydrogen-bond acceptors (Lipinski definition) is 5. The number of nitrogens with zero attached hydrogens (tertiary/aromatic N) is 2. The van der Waals surface area contributed by atoms with Crippen LogP contribution in [-0.2, 0) is 9.53 Å². The minimum absolute atomic E-state index is 0.0383. The van der Waals surface area contributed by atoms with Crippen molar-refractivity contribution in [2.75, 3.05) is 0 Å². The summed E-state index contributed by atoms with van der Waals surface area (Å²) in [5.74, 6) is -0.579. The number of benzene rings is 2. The summed E-state index contributed by atoms with van der Waals surface area (Å²) in [5.41, 5.74) is 1.64. The SMILES string of the molecule is Cc1ccc(C2=N/C(=C/c3cccc(Cl)c3)C(=O)O2)cc1[N+](=O)[O-]. The van der Waals surface area contributed by atoms with Crippen molar-refractivity contribution in [3.05, 3.63) is 80.0 Å². The number of cyclic esters (lactones) is 1. The van der Waals surface area contributed by atoms with Crippen LogP contribution in [0.5, 0.6) is 0 Å². The first-order valence-corrected chi connectivity index (χ1v) is 7.35. The Balaban J connectivity index is 1.98. The molecule has 0 spiro atoms. The Morgan fingerprint density at radius 2 is 2.04 bits per heavy atom. The van der Waals surface area contributed by atoms with Crippen molar-refractivity contribution in [1.29, 1.82) is 0 Å². The molecule has 2 aromatic carbocycles. The van der Waals surface area contributed by atoms with E-state index in [1.54, 1.807) is 49.4 Å². The summed E-state index contributed by atoms with van der Waals surface area (Å²) < 4.78 is 5.12. The van der Waals surface area contributed by atoms with Gasteiger partial charge in [-0.3, -0.25) is 10.1 Å². The van der Waals surface area contributed by atoms with Gasteiger partial charge in [0.2, 0.25) is 5.90 Å². The number of nitro benzene ring substituents is 1. The second-order valence-corrected chi connectivity index (χ2v) is 5.59. The maximum atomic E-state index is 12.0. The van der Waals surface area contributed by atoms with Crippen LogP contribution in [0.3, 0.4) is 0 Å². The van der Waals surface area contributed by atoms with Crippen molar-refractivity contribution in [2.24, 2.45) is 4.99 Å². The molecule has 0 saturated carbocycles. The number of rotatable bonds is 3. The molecule has 3 rings (SSSR count). The minimum Gasteiger partial charge on any atom is -0.402 e. The Labute approximate surface area is 142 Å². The number of nitro groups is 1. The lowest BCUT2D eigenvalue weighted by Crippen LogP contribution is -2.06. The molecular weight excluding hydrogens is 332 g/mol. The first-order valence-electron chi connectivity index (χ1n) is 6.97. The monoisotopic (exact) mass is 342 g/mol. The van der Waals surface area contributed by atoms with E-state index in [0.717, 1.165) is 0 Å². The van der Waals surface area contributed by atoms with Crippen LogP contribution in [0.15, 0.2) is 53.2 Å². The summed E-state index contributed by atoms with van der Waals surface area (Å²) in [7, 11) is 0. The average Bonchev–Trinajstić information content (AvgIpc) is 2.88. The maximum Gasteiger partial charge on any atom is 0.363 e. The van der Waals surface area contributed by atoms with E-state index >= 15 is 0 Å². The Kier molecular flexibility index (Phi) is 4.14. The van der Waals surface area contributed by atoms with Crippen LogP contribution in [0, 0.1) is 17.0 Å². The smallest absolute Gasteiger partial charge is 0.363 e. The highest BCUT2D eigenvalue weighted by Gasteiger charge is 2.25. The number of esters is 1. The number of halogens is 1. The van der Waals surface area contributed by atoms with E-state index in [0.29, 0.717) is 21.7 Å². The highest BCUT2D eigenvalue weighted by molar-refractivity contribution is 6.30. The van der Waals surface area contributed by atoms with Crippen molar-refractivity contribution >= 4 is 35.2 Å². The quantitative estimate of drug-likeness (QED) is 0.366. The lowest BCUT2D eigenvalue weighted by atomic mass is 10.1. The van der Waals surface area contributed by atoms with Gasteiger partial charge in [-0.2, -0.15) is 0 Å². The minimum atomic E-state index is -0.617. The molecule has 2 aromatic rings. The van der Waals surface area contributed by atoms with E-state index in [-0.39, 0.29) is 17.3 Å². The highest BCUT2D eigenvalue weighted by Crippen LogP contribution is 2.24. The topological polar surface area (TPSA) is 81.8 Å². The van der Waals surface area contributed by atoms with Crippen molar-refractivity contribution in [1.82, 2.24) is 0 Å². The maximum absolute atomic E-state index is 12.0. The largest absolute Gasteiger partial charge is 0.402 e. The fourth-order valence-corrected chi connectivity index (χ4v) is 2.42. The number of aliphatic imine (C=N–C) groups is 1. The molecule has 24 heavy (non-hydrogen) atoms. The first-order chi connectivity index (χ1) is 11.4. The van der Waals surface area contributed by atoms with Crippen LogP contribution >= 0.6 is 11.6 Å². The van der Waals surface area contributed by atoms with Gasteiger partial charge >= 0.3 is 5.97 Å². The summed E-state index contributed by atoms with van der Waals surface area (Å²) in [5, 5.41) is 11.6. The Hall–Kier alpha value is -2.99. The molecule has 0 radical (unpaired) electrons. The molecule has 0 saturated heterocycles. The molecule has 0 unspecified atom stereocenters. The second-order valence-electron chi connectivity index (χ2n) is 5.15. The molecule has 6 nitrogen and oxygen atoms in total. The Morgan fingerprint density at radius 1 is 1.25 bits per heavy atom. The van der Waals surface area contributed by atoms with Crippen molar-refractivity contribution in [3.63, 3.8) is 0 Å². The molecule has 0 bridgehead atoms. The number of aryl methyl sites for hydroxylation is 1. The molecule has 0 fully saturated rings. The standard InChI is InChI=1S/C17H11ClN2O4/c1-10-5-6-12(9-15(10)20(22)23)16-19-14(17(21)24-16)8-11-3-2-4-13(18)7-11/h2-9H,1H3/b14-8+. The molecule has 0 N–H and O–H groups in total. The first kappa shape index (κ1) is 15.9. The van der Waals surface area contributed by atoms with Crippen LogP contribution in [0.25, 0.3) is 6.08 Å². The fraction of sp³-hybridized carbons (Fsp3) is 0.0588. The predicted octanol–water partition coefficient (Wildman–Crippen LogP) is 3.90. The normalized spacial score (nSPS) is 15.3. The summed E-state index contributed by atoms with van der Waals surface area (Å²) in [4.78, 5) is 26.6. The predicted molar refractivity (Wildman–Crippen MR) is 89.9 cm³/mol. The van der Waals surface area contributed by atoms with Gasteiger partial charge in [0.05, 0.1) is 4.92 Å². The Morgan fingerprint density at radius 3 is 2.75 bits per heavy atom. The summed E-state index contributed by atoms with van der Waals surface area (Å²) >= 11 is 5.91. The highest BCUT2D eigenvalue weighted by atomic mass is 35.5. The molecule has 120 valence electrons. The molecule has 7 heteroatoms. The van der Waals surface area contributed by atoms with Crippen molar-refractivity contribution in [2.45, 2.75) is 6.92 Å². The number of hydrogen-bond donors (Lipinski definition) is 0. The van der Waals surface area contributed by atoms with Gasteiger partial charge in [-0.05, 0) is 36.8 Å². The molecule has 0 atom stereocenters. The Bertz CT molecular complexity index is 919. The van der Waals surface area contributed by atoms with E-state index in [1.165, 1.54) is 6.07 Å². The van der Waals surface area contributed by atoms with Gasteiger partial charge in [-0.15, -0.1) is 0 Å². The van der Waals surface area contributed by atoms with E-state index in [1.807, 2.05) is 0 Å². The zero-order valence-corrected chi connectivity index (χ0v) is 13.3. The molecule has 0 amide bonds. The fourth-order valence-electron chi connectivity index (χ4n) is 2.23. The number of carbonyl (C=O) groups excluding carboxylic acids is 1. The van der Waals surface area contributed by atoms with Crippen molar-refractivity contribution < 1.29 is 14.5 Å². The molecular formula is C17H11ClN2O4. The van der Waals surface area contributed by atoms with Crippen molar-refractivity contribution in [3.8, 4) is 0 Å². The second kappa shape index (κ2) is 6.25. The third-order valence-corrected chi connectivity index (χ3v) is 3.66. The van der Waals surface area contributed by atoms with Gasteiger partial charge in [0.15, 0.2) is 5.70 Å². The summed E-state index contributed by atoms with van der Waals surface area (Å²) in [6.45, 7) is 1.63. The van der Waals surface area contributed by atoms with Gasteiger partial charge in [0.1, 0.15) is 0 Å². The molecule has 1 heterocycles. The molecule has 0 aromatic heterocycles. The summed E-state index contributed by atoms with van der Waals surface area (Å²) in [6.07, 6.45) is 1.55. The van der Waals surface area contributed by atoms with Crippen LogP contribution in [0.1, 0.15) is 16.7 Å². The van der Waals surface area contributed by atoms with Gasteiger partial charge in [0.25, 0.3) is 5.69 Å². The van der Waals surface area contributed by atoms with Crippen LogP contribution in [0.4, 0.5) is 5.69 Å². The van der Waals surface area contributed by atoms with Crippen LogP contribution in [0.2, 0.25) is 5.02 Å². The van der Waals surface area contributed by atoms with Crippen LogP contribution < -0.4 is 0 Å². The third kappa shape index (κ3) is 3.18. The molecule has 0 aliphatic carbocycles. The van der Waals surface area contributed by atoms with Crippen LogP contribution in [-0.4, -0.2) is 16.8 Å². The number of ether oxygens (including phenoxy) is 1. The van der Waals surface area contributed by atoms with Gasteiger partial charge in [-0.1, -0.05) is 29.8 Å². The molecule has 1 aliphatic rings. The average molecular weight is 343 g/mol. The molecule has 1 aliphatic heterocycles. The van der Waals surface area contributed by atoms with E-state index in [4.69, 9.17) is 16.3 Å². The summed E-state index contributed by atoms with van der Waals surface area (Å²) in [6, 6.07) is 11.5. The van der Waals surface area contributed by atoms with Gasteiger partial charge < -0.3 is 4.74 Å². The van der Waals surface area contributed by atoms with E-state index in [2.05, 4.69) is 4.99 Å². The zero-order chi connectivity index (χ0) is 17.3. The van der Waals surface area contributed by atoms with E-state index < -0.39 is 10.9 Å². The lowest BCUT2D eigenvalue weighted by molar-refractivity contribution is -0.385. The lowest BCUT2D eigenvalue weighted by Gasteiger charge is -2.01. The third-order valence-electron chi connectivity index (χ3n) is 3.43. The van der Waals surface area contributed by atoms with E-state index in [9.17, 15) is 14.9 Å². The number of carbonyl (C=O) groups is 1. The zero-order valence-electron chi connectivity index (χ0n) is 12.5. The van der Waals surface area contributed by atoms with Gasteiger partial charge in [-0.25, -0.2) is 9.79 Å². The van der Waals surface area contributed by atoms with Gasteiger partial charge in [0, 0.05) is 22.2 Å².